The first-order valence-electron chi connectivity index (χ1n) is 51.4. The highest BCUT2D eigenvalue weighted by molar-refractivity contribution is 5.82. The van der Waals surface area contributed by atoms with Crippen LogP contribution in [0.5, 0.6) is 5.75 Å². The molecule has 150 heavy (non-hydrogen) atoms. The normalized spacial score (nSPS) is 16.2. The van der Waals surface area contributed by atoms with E-state index in [4.69, 9.17) is 20.3 Å². The molecule has 0 unspecified atom stereocenters. The summed E-state index contributed by atoms with van der Waals surface area (Å²) < 4.78 is 190. The van der Waals surface area contributed by atoms with Gasteiger partial charge in [-0.1, -0.05) is 111 Å². The van der Waals surface area contributed by atoms with Crippen molar-refractivity contribution in [2.75, 3.05) is 97.4 Å². The molecule has 41 heteroatoms. The zero-order valence-corrected chi connectivity index (χ0v) is 85.3. The standard InChI is InChI=1S/C30H41F4N5O.C28H34F4N4O3.C26H31F4N5O3.C25H28FN5O2/c1-38(2)18-6-17-35-26(40)19-29(14-4-3-5-15-29)16-13-25-27(31)28(37-21-36-25)39(24-11-12-24)20-22-7-9-23(10-8-22)30(32,33)34;1-19(37)9-13-33-24(38)16-27(11-14-39-15-12-27)10-8-23-25(29)26(35-18-34-23)36(22-6-7-22)17-20-2-4-21(5-3-20)28(30,31)32;27-22-23(32-15-25(10-2-1-3-11-25)12-20(36)31-13-21(37)38)33-16-34-24(22)35(19-8-9-19)14-17-4-6-18(7-5-17)26(28,29)30;1-16-3-4-19(11-21(16)33-2)14-31(20-9-10-20)25-23(26)24(29-15-30-25)28-13-18-7-5-17(6-8-18)12-22(27)32/h7-10,21,24H,3-6,11-20H2,1-2H3,(H,35,40);2-5,18,22H,6-17H2,1H3,(H,33,38);4-7,16,19H,1-3,8-15H2,(H,31,36)(H,37,38)(H,32,33,34);3-8,11,15,20H,9-10,12-14H2,1-2H3,(H2,27,32)(H,28,29,30). The number of primary amides is 1. The number of carbonyl (C=O) groups excluding carboxylic acids is 5. The number of halogens is 13. The molecule has 7 fully saturated rings. The number of Topliss-reactive ketones (excluding diaryl/α,β-unsaturated/α-hetero) is 1. The van der Waals surface area contributed by atoms with Crippen LogP contribution in [0.3, 0.4) is 0 Å². The molecule has 4 aromatic heterocycles. The highest BCUT2D eigenvalue weighted by Crippen LogP contribution is 2.48. The number of alkyl halides is 9. The van der Waals surface area contributed by atoms with Gasteiger partial charge in [0.25, 0.3) is 0 Å². The SMILES string of the molecule is CC(=O)CCNC(=O)CC1(CCc2ncnc(N(Cc3ccc(C(F)(F)F)cc3)C3CC3)c2F)CCOCC1.CN(C)CCCNC(=O)CC1(CCc2ncnc(N(Cc3ccc(C(F)(F)F)cc3)C3CC3)c2F)CCCCC1.COc1cc(CN(c2ncnc(NCc3ccc(CC(N)=O)cc3)c2F)C2CC2)ccc1C.O=C(O)CNC(=O)CC1(CNc2ncnc(N(Cc3ccc(C(F)(F)F)cc3)C3CC3)c2F)CCCCC1. The van der Waals surface area contributed by atoms with E-state index in [1.54, 1.807) is 16.9 Å². The highest BCUT2D eigenvalue weighted by atomic mass is 19.4. The van der Waals surface area contributed by atoms with Crippen LogP contribution < -0.4 is 56.7 Å². The summed E-state index contributed by atoms with van der Waals surface area (Å²) in [5, 5.41) is 23.2. The summed E-state index contributed by atoms with van der Waals surface area (Å²) in [6, 6.07) is 28.6. The summed E-state index contributed by atoms with van der Waals surface area (Å²) in [5.41, 5.74) is 8.41. The number of aliphatic carboxylic acids is 1. The molecular formula is C109H134F13N19O9. The van der Waals surface area contributed by atoms with Crippen molar-refractivity contribution >= 4 is 70.3 Å². The van der Waals surface area contributed by atoms with Gasteiger partial charge in [-0.15, -0.1) is 0 Å². The molecular weight excluding hydrogens is 1970 g/mol. The molecule has 0 spiro atoms. The summed E-state index contributed by atoms with van der Waals surface area (Å²) in [5.74, 6) is -2.40. The molecule has 7 aliphatic rings. The second-order valence-electron chi connectivity index (χ2n) is 40.9. The van der Waals surface area contributed by atoms with Crippen LogP contribution >= 0.6 is 0 Å². The van der Waals surface area contributed by atoms with Gasteiger partial charge in [0.15, 0.2) is 46.5 Å². The molecule has 9 aromatic rings. The van der Waals surface area contributed by atoms with Gasteiger partial charge in [0.2, 0.25) is 35.3 Å². The quantitative estimate of drug-likeness (QED) is 0.0138. The van der Waals surface area contributed by atoms with Gasteiger partial charge in [-0.2, -0.15) is 48.3 Å². The Morgan fingerprint density at radius 3 is 1.22 bits per heavy atom. The number of nitrogens with one attached hydrogen (secondary N) is 5. The van der Waals surface area contributed by atoms with E-state index in [0.29, 0.717) is 113 Å². The van der Waals surface area contributed by atoms with Crippen molar-refractivity contribution in [1.82, 2.24) is 60.7 Å². The van der Waals surface area contributed by atoms with Gasteiger partial charge in [-0.3, -0.25) is 28.8 Å². The third kappa shape index (κ3) is 34.3. The lowest BCUT2D eigenvalue weighted by Gasteiger charge is -2.37. The maximum Gasteiger partial charge on any atom is 0.416 e. The summed E-state index contributed by atoms with van der Waals surface area (Å²) in [4.78, 5) is 114. The summed E-state index contributed by atoms with van der Waals surface area (Å²) >= 11 is 0. The van der Waals surface area contributed by atoms with Crippen molar-refractivity contribution in [3.05, 3.63) is 231 Å². The minimum atomic E-state index is -4.43. The minimum Gasteiger partial charge on any atom is -0.496 e. The van der Waals surface area contributed by atoms with Crippen molar-refractivity contribution in [3.63, 3.8) is 0 Å². The molecule has 0 atom stereocenters. The van der Waals surface area contributed by atoms with Crippen molar-refractivity contribution in [1.29, 1.82) is 0 Å². The molecule has 4 amide bonds. The van der Waals surface area contributed by atoms with Gasteiger partial charge in [-0.05, 0) is 254 Å². The van der Waals surface area contributed by atoms with Crippen LogP contribution in [-0.2, 0) is 104 Å². The van der Waals surface area contributed by atoms with Gasteiger partial charge in [0, 0.05) is 115 Å². The number of nitrogens with two attached hydrogens (primary N) is 1. The summed E-state index contributed by atoms with van der Waals surface area (Å²) in [7, 11) is 5.67. The molecule has 0 radical (unpaired) electrons. The van der Waals surface area contributed by atoms with E-state index >= 15 is 17.6 Å². The predicted molar refractivity (Wildman–Crippen MR) is 541 cm³/mol. The monoisotopic (exact) mass is 2100 g/mol. The molecule has 6 saturated carbocycles. The topological polar surface area (TPSA) is 347 Å². The molecule has 5 aromatic carbocycles. The first-order chi connectivity index (χ1) is 71.6. The van der Waals surface area contributed by atoms with E-state index in [-0.39, 0.29) is 151 Å². The Bertz CT molecular complexity index is 5960. The number of aromatic nitrogens is 8. The third-order valence-corrected chi connectivity index (χ3v) is 28.6. The molecule has 1 saturated heterocycles. The van der Waals surface area contributed by atoms with E-state index in [1.165, 1.54) is 68.6 Å². The maximum atomic E-state index is 15.8. The molecule has 5 heterocycles. The number of aryl methyl sites for hydroxylation is 3. The average molecular weight is 2100 g/mol. The number of carboxylic acid groups (broad SMARTS) is 1. The number of methoxy groups -OCH3 is 1. The second kappa shape index (κ2) is 52.7. The number of rotatable bonds is 46. The van der Waals surface area contributed by atoms with Gasteiger partial charge in [0.1, 0.15) is 43.4 Å². The van der Waals surface area contributed by atoms with Crippen LogP contribution in [0.1, 0.15) is 247 Å². The van der Waals surface area contributed by atoms with Crippen molar-refractivity contribution in [2.24, 2.45) is 22.0 Å². The van der Waals surface area contributed by atoms with Gasteiger partial charge >= 0.3 is 24.5 Å². The predicted octanol–water partition coefficient (Wildman–Crippen LogP) is 19.7. The number of benzene rings is 5. The Balaban J connectivity index is 0.000000167. The van der Waals surface area contributed by atoms with Crippen molar-refractivity contribution < 1.29 is 100 Å². The molecule has 16 rings (SSSR count). The van der Waals surface area contributed by atoms with Crippen molar-refractivity contribution in [3.8, 4) is 5.75 Å². The second-order valence-corrected chi connectivity index (χ2v) is 40.9. The van der Waals surface area contributed by atoms with Crippen LogP contribution in [0.4, 0.5) is 92.0 Å². The van der Waals surface area contributed by atoms with E-state index in [2.05, 4.69) is 71.4 Å². The van der Waals surface area contributed by atoms with Crippen LogP contribution in [0.2, 0.25) is 0 Å². The molecule has 28 nitrogen and oxygen atoms in total. The number of ketones is 1. The number of hydrogen-bond donors (Lipinski definition) is 7. The molecule has 1 aliphatic heterocycles. The Labute approximate surface area is 865 Å². The Hall–Kier alpha value is -13.0. The number of carbonyl (C=O) groups is 6. The van der Waals surface area contributed by atoms with E-state index in [9.17, 15) is 68.3 Å². The lowest BCUT2D eigenvalue weighted by molar-refractivity contribution is -0.138. The minimum absolute atomic E-state index is 0.00434. The maximum absolute atomic E-state index is 15.8. The molecule has 8 N–H and O–H groups in total. The first kappa shape index (κ1) is 114. The van der Waals surface area contributed by atoms with E-state index in [1.807, 2.05) is 73.3 Å². The summed E-state index contributed by atoms with van der Waals surface area (Å²) in [6.45, 7) is 7.81. The lowest BCUT2D eigenvalue weighted by atomic mass is 9.68. The Morgan fingerprint density at radius 1 is 0.453 bits per heavy atom. The average Bonchev–Trinajstić information content (AvgIpc) is 1.69. The zero-order valence-electron chi connectivity index (χ0n) is 85.3. The highest BCUT2D eigenvalue weighted by Gasteiger charge is 2.43. The molecule has 0 bridgehead atoms. The van der Waals surface area contributed by atoms with Crippen LogP contribution in [0.15, 0.2) is 141 Å². The van der Waals surface area contributed by atoms with Gasteiger partial charge < -0.3 is 71.4 Å². The number of anilines is 6. The van der Waals surface area contributed by atoms with Crippen LogP contribution in [-0.4, -0.2) is 177 Å². The largest absolute Gasteiger partial charge is 0.496 e. The van der Waals surface area contributed by atoms with E-state index in [0.717, 1.165) is 193 Å². The number of nitrogens with zero attached hydrogens (tertiary/aromatic N) is 13. The summed E-state index contributed by atoms with van der Waals surface area (Å²) in [6.07, 6.45) is 14.1. The van der Waals surface area contributed by atoms with Gasteiger partial charge in [-0.25, -0.2) is 48.7 Å². The first-order valence-corrected chi connectivity index (χ1v) is 51.4. The molecule has 6 aliphatic carbocycles. The van der Waals surface area contributed by atoms with Crippen molar-refractivity contribution in [2.45, 2.75) is 282 Å². The number of ether oxygens (including phenoxy) is 2. The van der Waals surface area contributed by atoms with Gasteiger partial charge in [0.05, 0.1) is 41.6 Å². The lowest BCUT2D eigenvalue weighted by Crippen LogP contribution is -2.39. The number of hydrogen-bond acceptors (Lipinski definition) is 23. The number of carboxylic acids is 1. The fourth-order valence-electron chi connectivity index (χ4n) is 19.5. The van der Waals surface area contributed by atoms with Crippen LogP contribution in [0.25, 0.3) is 0 Å². The zero-order chi connectivity index (χ0) is 108. The fraction of sp³-hybridized carbons (Fsp3) is 0.523. The Morgan fingerprint density at radius 2 is 0.820 bits per heavy atom. The third-order valence-electron chi connectivity index (χ3n) is 28.6. The van der Waals surface area contributed by atoms with E-state index < -0.39 is 76.4 Å². The van der Waals surface area contributed by atoms with Crippen LogP contribution in [0, 0.1) is 46.4 Å². The number of amides is 4. The Kier molecular flexibility index (Phi) is 40.1. The molecule has 810 valence electrons. The fourth-order valence-corrected chi connectivity index (χ4v) is 19.5. The smallest absolute Gasteiger partial charge is 0.416 e.